The summed E-state index contributed by atoms with van der Waals surface area (Å²) in [5, 5.41) is 15.3. The molecular formula is C20H29IN8. The molecule has 1 aliphatic rings. The van der Waals surface area contributed by atoms with E-state index in [0.29, 0.717) is 6.54 Å². The molecule has 4 rings (SSSR count). The number of hydrogen-bond acceptors (Lipinski definition) is 4. The Morgan fingerprint density at radius 3 is 2.93 bits per heavy atom. The van der Waals surface area contributed by atoms with Crippen LogP contribution in [-0.2, 0) is 26.1 Å². The molecule has 0 atom stereocenters. The van der Waals surface area contributed by atoms with Gasteiger partial charge in [0.2, 0.25) is 0 Å². The molecule has 0 saturated heterocycles. The van der Waals surface area contributed by atoms with Crippen LogP contribution in [0.4, 0.5) is 0 Å². The number of halogens is 1. The SMILES string of the molecule is CCNC(=NCc1nnc2n1CCC2)NCCCn1c(C)nc2ccccc21.I. The van der Waals surface area contributed by atoms with Gasteiger partial charge in [0.05, 0.1) is 11.0 Å². The van der Waals surface area contributed by atoms with Crippen LogP contribution in [-0.4, -0.2) is 43.4 Å². The third-order valence-electron chi connectivity index (χ3n) is 5.11. The van der Waals surface area contributed by atoms with Gasteiger partial charge in [-0.3, -0.25) is 0 Å². The summed E-state index contributed by atoms with van der Waals surface area (Å²) in [5.41, 5.74) is 2.25. The third-order valence-corrected chi connectivity index (χ3v) is 5.11. The Bertz CT molecular complexity index is 974. The molecule has 0 amide bonds. The van der Waals surface area contributed by atoms with Crippen LogP contribution in [0.15, 0.2) is 29.3 Å². The lowest BCUT2D eigenvalue weighted by Gasteiger charge is -2.12. The summed E-state index contributed by atoms with van der Waals surface area (Å²) in [6.45, 7) is 8.30. The van der Waals surface area contributed by atoms with Gasteiger partial charge in [-0.15, -0.1) is 34.2 Å². The second-order valence-electron chi connectivity index (χ2n) is 7.06. The van der Waals surface area contributed by atoms with Crippen molar-refractivity contribution in [2.45, 2.75) is 52.7 Å². The Balaban J connectivity index is 0.00000240. The fraction of sp³-hybridized carbons (Fsp3) is 0.500. The lowest BCUT2D eigenvalue weighted by Crippen LogP contribution is -2.38. The first-order valence-electron chi connectivity index (χ1n) is 10.1. The number of aliphatic imine (C=N–C) groups is 1. The Kier molecular flexibility index (Phi) is 7.45. The van der Waals surface area contributed by atoms with E-state index in [9.17, 15) is 0 Å². The number of fused-ring (bicyclic) bond motifs is 2. The monoisotopic (exact) mass is 508 g/mol. The largest absolute Gasteiger partial charge is 0.357 e. The van der Waals surface area contributed by atoms with Gasteiger partial charge in [-0.05, 0) is 38.8 Å². The molecule has 3 aromatic rings. The third kappa shape index (κ3) is 4.88. The van der Waals surface area contributed by atoms with Crippen LogP contribution in [0.1, 0.15) is 37.2 Å². The van der Waals surface area contributed by atoms with Crippen molar-refractivity contribution in [2.24, 2.45) is 4.99 Å². The first-order valence-corrected chi connectivity index (χ1v) is 10.1. The molecule has 1 aromatic carbocycles. The molecule has 1 aliphatic heterocycles. The van der Waals surface area contributed by atoms with Crippen molar-refractivity contribution in [1.29, 1.82) is 0 Å². The number of aryl methyl sites for hydroxylation is 3. The maximum absolute atomic E-state index is 4.69. The summed E-state index contributed by atoms with van der Waals surface area (Å²) in [6.07, 6.45) is 3.17. The number of nitrogens with one attached hydrogen (secondary N) is 2. The number of hydrogen-bond donors (Lipinski definition) is 2. The van der Waals surface area contributed by atoms with Gasteiger partial charge in [-0.2, -0.15) is 0 Å². The van der Waals surface area contributed by atoms with E-state index in [1.165, 1.54) is 5.52 Å². The predicted octanol–water partition coefficient (Wildman–Crippen LogP) is 2.65. The highest BCUT2D eigenvalue weighted by atomic mass is 127. The molecule has 29 heavy (non-hydrogen) atoms. The van der Waals surface area contributed by atoms with Gasteiger partial charge in [0.25, 0.3) is 0 Å². The van der Waals surface area contributed by atoms with Gasteiger partial charge >= 0.3 is 0 Å². The molecule has 0 aliphatic carbocycles. The lowest BCUT2D eigenvalue weighted by atomic mass is 10.3. The van der Waals surface area contributed by atoms with Crippen molar-refractivity contribution in [3.8, 4) is 0 Å². The summed E-state index contributed by atoms with van der Waals surface area (Å²) in [5.74, 6) is 3.92. The van der Waals surface area contributed by atoms with Gasteiger partial charge in [0, 0.05) is 32.6 Å². The fourth-order valence-electron chi connectivity index (χ4n) is 3.74. The molecule has 9 heteroatoms. The lowest BCUT2D eigenvalue weighted by molar-refractivity contribution is 0.623. The molecule has 156 valence electrons. The predicted molar refractivity (Wildman–Crippen MR) is 126 cm³/mol. The van der Waals surface area contributed by atoms with Crippen molar-refractivity contribution in [1.82, 2.24) is 34.9 Å². The van der Waals surface area contributed by atoms with Gasteiger partial charge in [0.1, 0.15) is 18.2 Å². The normalized spacial score (nSPS) is 13.4. The zero-order chi connectivity index (χ0) is 19.3. The quantitative estimate of drug-likeness (QED) is 0.222. The average molecular weight is 508 g/mol. The van der Waals surface area contributed by atoms with E-state index < -0.39 is 0 Å². The first-order chi connectivity index (χ1) is 13.8. The van der Waals surface area contributed by atoms with E-state index in [2.05, 4.69) is 72.0 Å². The molecule has 0 unspecified atom stereocenters. The van der Waals surface area contributed by atoms with Gasteiger partial charge in [-0.1, -0.05) is 12.1 Å². The highest BCUT2D eigenvalue weighted by Crippen LogP contribution is 2.16. The number of nitrogens with zero attached hydrogens (tertiary/aromatic N) is 6. The molecular weight excluding hydrogens is 479 g/mol. The molecule has 2 N–H and O–H groups in total. The molecule has 0 radical (unpaired) electrons. The van der Waals surface area contributed by atoms with Crippen molar-refractivity contribution in [3.05, 3.63) is 41.7 Å². The van der Waals surface area contributed by atoms with Gasteiger partial charge in [-0.25, -0.2) is 9.98 Å². The number of aromatic nitrogens is 5. The van der Waals surface area contributed by atoms with Crippen LogP contribution < -0.4 is 10.6 Å². The van der Waals surface area contributed by atoms with E-state index in [1.54, 1.807) is 0 Å². The second kappa shape index (κ2) is 10.0. The first kappa shape index (κ1) is 21.5. The second-order valence-corrected chi connectivity index (χ2v) is 7.06. The minimum absolute atomic E-state index is 0. The highest BCUT2D eigenvalue weighted by Gasteiger charge is 2.16. The summed E-state index contributed by atoms with van der Waals surface area (Å²) in [7, 11) is 0. The van der Waals surface area contributed by atoms with Crippen LogP contribution in [0.25, 0.3) is 11.0 Å². The summed E-state index contributed by atoms with van der Waals surface area (Å²) in [4.78, 5) is 9.32. The molecule has 2 aromatic heterocycles. The summed E-state index contributed by atoms with van der Waals surface area (Å²) >= 11 is 0. The van der Waals surface area contributed by atoms with Crippen LogP contribution in [0.5, 0.6) is 0 Å². The highest BCUT2D eigenvalue weighted by molar-refractivity contribution is 14.0. The summed E-state index contributed by atoms with van der Waals surface area (Å²) < 4.78 is 4.47. The van der Waals surface area contributed by atoms with Gasteiger partial charge in [0.15, 0.2) is 11.8 Å². The number of rotatable bonds is 7. The molecule has 0 spiro atoms. The minimum atomic E-state index is 0. The smallest absolute Gasteiger partial charge is 0.191 e. The summed E-state index contributed by atoms with van der Waals surface area (Å²) in [6, 6.07) is 8.29. The number of imidazole rings is 1. The molecule has 0 bridgehead atoms. The number of para-hydroxylation sites is 2. The van der Waals surface area contributed by atoms with Crippen molar-refractivity contribution in [3.63, 3.8) is 0 Å². The van der Waals surface area contributed by atoms with Gasteiger partial charge < -0.3 is 19.8 Å². The molecule has 0 saturated carbocycles. The minimum Gasteiger partial charge on any atom is -0.357 e. The van der Waals surface area contributed by atoms with Crippen molar-refractivity contribution >= 4 is 41.0 Å². The maximum Gasteiger partial charge on any atom is 0.191 e. The average Bonchev–Trinajstić information content (AvgIpc) is 3.38. The van der Waals surface area contributed by atoms with Crippen molar-refractivity contribution < 1.29 is 0 Å². The Hall–Kier alpha value is -2.17. The number of benzene rings is 1. The van der Waals surface area contributed by atoms with E-state index in [-0.39, 0.29) is 24.0 Å². The molecule has 3 heterocycles. The van der Waals surface area contributed by atoms with E-state index >= 15 is 0 Å². The van der Waals surface area contributed by atoms with Crippen LogP contribution >= 0.6 is 24.0 Å². The van der Waals surface area contributed by atoms with E-state index in [4.69, 9.17) is 0 Å². The maximum atomic E-state index is 4.69. The van der Waals surface area contributed by atoms with E-state index in [1.807, 2.05) is 6.07 Å². The zero-order valence-electron chi connectivity index (χ0n) is 17.1. The molecule has 8 nitrogen and oxygen atoms in total. The number of guanidine groups is 1. The molecule has 0 fully saturated rings. The Morgan fingerprint density at radius 1 is 1.21 bits per heavy atom. The van der Waals surface area contributed by atoms with Crippen molar-refractivity contribution in [2.75, 3.05) is 13.1 Å². The van der Waals surface area contributed by atoms with Crippen LogP contribution in [0.2, 0.25) is 0 Å². The van der Waals surface area contributed by atoms with Crippen LogP contribution in [0, 0.1) is 6.92 Å². The van der Waals surface area contributed by atoms with Crippen LogP contribution in [0.3, 0.4) is 0 Å². The Morgan fingerprint density at radius 2 is 2.07 bits per heavy atom. The topological polar surface area (TPSA) is 85.0 Å². The Labute approximate surface area is 188 Å². The van der Waals surface area contributed by atoms with E-state index in [0.717, 1.165) is 74.4 Å². The zero-order valence-corrected chi connectivity index (χ0v) is 19.4. The fourth-order valence-corrected chi connectivity index (χ4v) is 3.74. The standard InChI is InChI=1S/C20H28N8.HI/c1-3-21-20(23-14-19-26-25-18-10-6-12-28(18)19)22-11-7-13-27-15(2)24-16-8-4-5-9-17(16)27;/h4-5,8-9H,3,6-7,10-14H2,1-2H3,(H2,21,22,23);1H.